The van der Waals surface area contributed by atoms with Gasteiger partial charge in [-0.3, -0.25) is 9.59 Å². The quantitative estimate of drug-likeness (QED) is 0.317. The number of rotatable bonds is 12. The zero-order valence-corrected chi connectivity index (χ0v) is 24.5. The van der Waals surface area contributed by atoms with Crippen LogP contribution in [0.5, 0.6) is 0 Å². The maximum Gasteiger partial charge on any atom is 0.331 e. The minimum absolute atomic E-state index is 0.0190. The second-order valence-corrected chi connectivity index (χ2v) is 11.8. The molecule has 0 heterocycles. The summed E-state index contributed by atoms with van der Waals surface area (Å²) in [7, 11) is 5.31. The van der Waals surface area contributed by atoms with Gasteiger partial charge in [0, 0.05) is 24.6 Å². The van der Waals surface area contributed by atoms with Crippen molar-refractivity contribution in [2.75, 3.05) is 21.1 Å². The van der Waals surface area contributed by atoms with Crippen molar-refractivity contribution in [2.45, 2.75) is 85.5 Å². The fourth-order valence-electron chi connectivity index (χ4n) is 4.55. The van der Waals surface area contributed by atoms with Crippen molar-refractivity contribution in [3.63, 3.8) is 0 Å². The molecular formula is C29H48N4O4. The van der Waals surface area contributed by atoms with Crippen LogP contribution in [0.25, 0.3) is 0 Å². The van der Waals surface area contributed by atoms with Crippen LogP contribution in [0.2, 0.25) is 0 Å². The lowest BCUT2D eigenvalue weighted by Gasteiger charge is -2.40. The van der Waals surface area contributed by atoms with Gasteiger partial charge in [0.15, 0.2) is 0 Å². The Morgan fingerprint density at radius 2 is 1.54 bits per heavy atom. The van der Waals surface area contributed by atoms with Gasteiger partial charge < -0.3 is 26.0 Å². The molecule has 0 aromatic heterocycles. The summed E-state index contributed by atoms with van der Waals surface area (Å²) in [6, 6.07) is 6.33. The molecule has 0 aliphatic carbocycles. The minimum atomic E-state index is -1.02. The fourth-order valence-corrected chi connectivity index (χ4v) is 4.55. The second kappa shape index (κ2) is 13.2. The minimum Gasteiger partial charge on any atom is -0.478 e. The van der Waals surface area contributed by atoms with Gasteiger partial charge in [0.25, 0.3) is 0 Å². The fraction of sp³-hybridized carbons (Fsp3) is 0.621. The van der Waals surface area contributed by atoms with Crippen molar-refractivity contribution < 1.29 is 19.5 Å². The van der Waals surface area contributed by atoms with Crippen molar-refractivity contribution in [1.29, 1.82) is 0 Å². The molecular weight excluding hydrogens is 468 g/mol. The Morgan fingerprint density at radius 1 is 1.00 bits per heavy atom. The predicted octanol–water partition coefficient (Wildman–Crippen LogP) is 3.32. The Balaban J connectivity index is 3.29. The molecule has 2 amide bonds. The lowest BCUT2D eigenvalue weighted by Crippen LogP contribution is -2.61. The second-order valence-electron chi connectivity index (χ2n) is 11.8. The van der Waals surface area contributed by atoms with E-state index in [-0.39, 0.29) is 23.3 Å². The Morgan fingerprint density at radius 3 is 1.95 bits per heavy atom. The summed E-state index contributed by atoms with van der Waals surface area (Å²) in [5.74, 6) is -1.58. The van der Waals surface area contributed by atoms with Gasteiger partial charge in [0.2, 0.25) is 11.8 Å². The van der Waals surface area contributed by atoms with Crippen LogP contribution in [-0.4, -0.2) is 67.1 Å². The van der Waals surface area contributed by atoms with E-state index >= 15 is 0 Å². The van der Waals surface area contributed by atoms with E-state index < -0.39 is 34.9 Å². The Hall–Kier alpha value is -2.71. The van der Waals surface area contributed by atoms with Gasteiger partial charge >= 0.3 is 5.97 Å². The average molecular weight is 517 g/mol. The van der Waals surface area contributed by atoms with Crippen LogP contribution >= 0.6 is 0 Å². The van der Waals surface area contributed by atoms with E-state index in [1.54, 1.807) is 25.1 Å². The van der Waals surface area contributed by atoms with Crippen molar-refractivity contribution in [3.8, 4) is 0 Å². The first kappa shape index (κ1) is 32.3. The third-order valence-corrected chi connectivity index (χ3v) is 6.99. The number of carbonyl (C=O) groups is 3. The number of carboxylic acids is 1. The number of hydrogen-bond acceptors (Lipinski definition) is 5. The van der Waals surface area contributed by atoms with Crippen molar-refractivity contribution in [1.82, 2.24) is 20.9 Å². The first-order chi connectivity index (χ1) is 17.0. The predicted molar refractivity (Wildman–Crippen MR) is 149 cm³/mol. The maximum absolute atomic E-state index is 13.8. The standard InChI is InChI=1S/C29H48N4O4/c1-18(2)22(16-19(3)27(36)37)33(11)26(35)24(28(4,5)6)32-25(34)23(31-10)29(7,8)21-14-12-20(13-15-21)17-30-9/h12-16,18,22-24,30-31H,17H2,1-11H3,(H,32,34)(H,36,37)/b19-16+/t22-,23+,24-/m1/s1. The first-order valence-corrected chi connectivity index (χ1v) is 12.9. The lowest BCUT2D eigenvalue weighted by atomic mass is 9.76. The molecule has 1 aromatic rings. The number of nitrogens with zero attached hydrogens (tertiary/aromatic N) is 1. The Kier molecular flexibility index (Phi) is 11.5. The van der Waals surface area contributed by atoms with Crippen LogP contribution in [0.3, 0.4) is 0 Å². The van der Waals surface area contributed by atoms with Gasteiger partial charge in [-0.1, -0.05) is 78.8 Å². The highest BCUT2D eigenvalue weighted by atomic mass is 16.4. The number of benzene rings is 1. The third kappa shape index (κ3) is 8.40. The van der Waals surface area contributed by atoms with Crippen LogP contribution in [0.1, 0.15) is 66.5 Å². The molecule has 1 rings (SSSR count). The van der Waals surface area contributed by atoms with Crippen molar-refractivity contribution in [3.05, 3.63) is 47.0 Å². The SMILES string of the molecule is CNCc1ccc(C(C)(C)[C@@H](NC)C(=O)N[C@H](C(=O)N(C)[C@H](/C=C(\C)C(=O)O)C(C)C)C(C)(C)C)cc1. The van der Waals surface area contributed by atoms with Gasteiger partial charge in [-0.2, -0.15) is 0 Å². The highest BCUT2D eigenvalue weighted by molar-refractivity contribution is 5.91. The molecule has 0 bridgehead atoms. The van der Waals surface area contributed by atoms with Gasteiger partial charge in [0.1, 0.15) is 6.04 Å². The number of hydrogen-bond donors (Lipinski definition) is 4. The molecule has 0 saturated carbocycles. The van der Waals surface area contributed by atoms with E-state index in [4.69, 9.17) is 0 Å². The number of aliphatic carboxylic acids is 1. The van der Waals surface area contributed by atoms with E-state index in [1.165, 1.54) is 6.92 Å². The molecule has 208 valence electrons. The van der Waals surface area contributed by atoms with E-state index in [2.05, 4.69) is 16.0 Å². The summed E-state index contributed by atoms with van der Waals surface area (Å²) < 4.78 is 0. The van der Waals surface area contributed by atoms with Crippen LogP contribution in [0.4, 0.5) is 0 Å². The molecule has 4 N–H and O–H groups in total. The molecule has 0 fully saturated rings. The largest absolute Gasteiger partial charge is 0.478 e. The summed E-state index contributed by atoms with van der Waals surface area (Å²) in [5.41, 5.74) is 1.20. The van der Waals surface area contributed by atoms with Gasteiger partial charge in [-0.25, -0.2) is 4.79 Å². The highest BCUT2D eigenvalue weighted by Gasteiger charge is 2.41. The molecule has 0 aliphatic rings. The van der Waals surface area contributed by atoms with Gasteiger partial charge in [-0.05, 0) is 43.5 Å². The van der Waals surface area contributed by atoms with E-state index in [0.717, 1.165) is 17.7 Å². The number of amides is 2. The number of carboxylic acid groups (broad SMARTS) is 1. The molecule has 8 nitrogen and oxygen atoms in total. The maximum atomic E-state index is 13.8. The molecule has 0 unspecified atom stereocenters. The smallest absolute Gasteiger partial charge is 0.331 e. The van der Waals surface area contributed by atoms with E-state index in [9.17, 15) is 19.5 Å². The van der Waals surface area contributed by atoms with Crippen LogP contribution in [0.15, 0.2) is 35.9 Å². The molecule has 0 saturated heterocycles. The third-order valence-electron chi connectivity index (χ3n) is 6.99. The number of carbonyl (C=O) groups excluding carboxylic acids is 2. The lowest BCUT2D eigenvalue weighted by molar-refractivity contribution is -0.141. The van der Waals surface area contributed by atoms with Crippen molar-refractivity contribution in [2.24, 2.45) is 11.3 Å². The van der Waals surface area contributed by atoms with E-state index in [0.29, 0.717) is 0 Å². The molecule has 3 atom stereocenters. The summed E-state index contributed by atoms with van der Waals surface area (Å²) in [5, 5.41) is 18.7. The Bertz CT molecular complexity index is 961. The summed E-state index contributed by atoms with van der Waals surface area (Å²) in [6.07, 6.45) is 1.60. The molecule has 0 spiro atoms. The number of nitrogens with one attached hydrogen (secondary N) is 3. The molecule has 1 aromatic carbocycles. The molecule has 0 aliphatic heterocycles. The van der Waals surface area contributed by atoms with Crippen molar-refractivity contribution >= 4 is 17.8 Å². The number of likely N-dealkylation sites (N-methyl/N-ethyl adjacent to an activating group) is 2. The van der Waals surface area contributed by atoms with E-state index in [1.807, 2.05) is 79.8 Å². The van der Waals surface area contributed by atoms with Crippen LogP contribution in [-0.2, 0) is 26.3 Å². The van der Waals surface area contributed by atoms with Gasteiger partial charge in [-0.15, -0.1) is 0 Å². The van der Waals surface area contributed by atoms with Crippen LogP contribution < -0.4 is 16.0 Å². The summed E-state index contributed by atoms with van der Waals surface area (Å²) in [4.78, 5) is 40.4. The summed E-state index contributed by atoms with van der Waals surface area (Å²) in [6.45, 7) is 15.9. The molecule has 37 heavy (non-hydrogen) atoms. The monoisotopic (exact) mass is 516 g/mol. The first-order valence-electron chi connectivity index (χ1n) is 12.9. The highest BCUT2D eigenvalue weighted by Crippen LogP contribution is 2.29. The molecule has 8 heteroatoms. The summed E-state index contributed by atoms with van der Waals surface area (Å²) >= 11 is 0. The topological polar surface area (TPSA) is 111 Å². The van der Waals surface area contributed by atoms with Crippen LogP contribution in [0, 0.1) is 11.3 Å². The zero-order valence-electron chi connectivity index (χ0n) is 24.5. The Labute approximate surface area is 223 Å². The zero-order chi connectivity index (χ0) is 28.7. The normalized spacial score (nSPS) is 15.2. The molecule has 0 radical (unpaired) electrons. The van der Waals surface area contributed by atoms with Gasteiger partial charge in [0.05, 0.1) is 12.1 Å². The average Bonchev–Trinajstić information content (AvgIpc) is 2.79.